The number of nitrogens with two attached hydrogens (primary N) is 1. The van der Waals surface area contributed by atoms with Crippen molar-refractivity contribution >= 4 is 11.5 Å². The van der Waals surface area contributed by atoms with Crippen molar-refractivity contribution in [2.45, 2.75) is 20.0 Å². The minimum absolute atomic E-state index is 0.0531. The van der Waals surface area contributed by atoms with Gasteiger partial charge in [0.2, 0.25) is 0 Å². The first-order valence-corrected chi connectivity index (χ1v) is 4.91. The van der Waals surface area contributed by atoms with E-state index in [1.807, 2.05) is 0 Å². The lowest BCUT2D eigenvalue weighted by atomic mass is 10.0. The Labute approximate surface area is 96.4 Å². The van der Waals surface area contributed by atoms with Crippen LogP contribution in [0.4, 0.5) is 18.9 Å². The van der Waals surface area contributed by atoms with Gasteiger partial charge in [-0.05, 0) is 26.0 Å². The lowest BCUT2D eigenvalue weighted by Crippen LogP contribution is -2.12. The zero-order chi connectivity index (χ0) is 13.2. The van der Waals surface area contributed by atoms with Gasteiger partial charge in [-0.25, -0.2) is 0 Å². The normalized spacial score (nSPS) is 11.4. The summed E-state index contributed by atoms with van der Waals surface area (Å²) in [5, 5.41) is 0. The number of hydrogen-bond acceptors (Lipinski definition) is 3. The largest absolute Gasteiger partial charge is 0.493 e. The summed E-state index contributed by atoms with van der Waals surface area (Å²) in [6.07, 6.45) is -4.56. The molecule has 0 aliphatic rings. The highest BCUT2D eigenvalue weighted by Gasteiger charge is 2.34. The van der Waals surface area contributed by atoms with E-state index in [1.165, 1.54) is 6.92 Å². The van der Waals surface area contributed by atoms with Crippen LogP contribution in [0.1, 0.15) is 29.8 Å². The first-order chi connectivity index (χ1) is 7.77. The fourth-order valence-electron chi connectivity index (χ4n) is 1.39. The highest BCUT2D eigenvalue weighted by atomic mass is 19.4. The zero-order valence-electron chi connectivity index (χ0n) is 9.39. The number of benzene rings is 1. The molecular weight excluding hydrogens is 235 g/mol. The highest BCUT2D eigenvalue weighted by molar-refractivity contribution is 5.98. The topological polar surface area (TPSA) is 52.3 Å². The van der Waals surface area contributed by atoms with Crippen LogP contribution in [-0.2, 0) is 6.18 Å². The molecule has 0 aliphatic heterocycles. The average Bonchev–Trinajstić information content (AvgIpc) is 2.18. The molecule has 6 heteroatoms. The van der Waals surface area contributed by atoms with E-state index < -0.39 is 23.2 Å². The van der Waals surface area contributed by atoms with E-state index in [9.17, 15) is 18.0 Å². The van der Waals surface area contributed by atoms with Crippen molar-refractivity contribution < 1.29 is 22.7 Å². The molecule has 0 atom stereocenters. The van der Waals surface area contributed by atoms with Crippen molar-refractivity contribution in [3.05, 3.63) is 23.3 Å². The van der Waals surface area contributed by atoms with Crippen molar-refractivity contribution in [3.63, 3.8) is 0 Å². The number of hydrogen-bond donors (Lipinski definition) is 1. The van der Waals surface area contributed by atoms with Gasteiger partial charge in [-0.1, -0.05) is 0 Å². The molecule has 0 aliphatic carbocycles. The molecule has 0 unspecified atom stereocenters. The molecule has 2 N–H and O–H groups in total. The number of ketones is 1. The molecule has 94 valence electrons. The van der Waals surface area contributed by atoms with Gasteiger partial charge in [-0.15, -0.1) is 0 Å². The number of carbonyl (C=O) groups excluding carboxylic acids is 1. The second-order valence-electron chi connectivity index (χ2n) is 3.42. The van der Waals surface area contributed by atoms with E-state index in [-0.39, 0.29) is 17.9 Å². The van der Waals surface area contributed by atoms with E-state index in [1.54, 1.807) is 6.92 Å². The van der Waals surface area contributed by atoms with Gasteiger partial charge < -0.3 is 10.5 Å². The summed E-state index contributed by atoms with van der Waals surface area (Å²) in [5.41, 5.74) is 3.86. The quantitative estimate of drug-likeness (QED) is 0.660. The van der Waals surface area contributed by atoms with Crippen LogP contribution in [0.25, 0.3) is 0 Å². The standard InChI is InChI=1S/C11H12F3NO2/c1-3-17-10-5-8(11(12,13)14)9(15)4-7(10)6(2)16/h4-5H,3,15H2,1-2H3. The molecule has 0 fully saturated rings. The Bertz CT molecular complexity index is 441. The van der Waals surface area contributed by atoms with Crippen molar-refractivity contribution in [1.82, 2.24) is 0 Å². The predicted octanol–water partition coefficient (Wildman–Crippen LogP) is 2.89. The number of Topliss-reactive ketones (excluding diaryl/α,β-unsaturated/α-hetero) is 1. The molecule has 1 aromatic carbocycles. The molecular formula is C11H12F3NO2. The number of alkyl halides is 3. The molecule has 0 amide bonds. The minimum Gasteiger partial charge on any atom is -0.493 e. The van der Waals surface area contributed by atoms with Gasteiger partial charge in [-0.3, -0.25) is 4.79 Å². The Morgan fingerprint density at radius 2 is 2.00 bits per heavy atom. The van der Waals surface area contributed by atoms with Crippen molar-refractivity contribution in [2.75, 3.05) is 12.3 Å². The number of nitrogen functional groups attached to an aromatic ring is 1. The zero-order valence-corrected chi connectivity index (χ0v) is 9.39. The van der Waals surface area contributed by atoms with Gasteiger partial charge in [0.15, 0.2) is 5.78 Å². The molecule has 0 aromatic heterocycles. The molecule has 17 heavy (non-hydrogen) atoms. The van der Waals surface area contributed by atoms with E-state index in [4.69, 9.17) is 10.5 Å². The monoisotopic (exact) mass is 247 g/mol. The van der Waals surface area contributed by atoms with Crippen molar-refractivity contribution in [1.29, 1.82) is 0 Å². The van der Waals surface area contributed by atoms with Crippen LogP contribution in [0, 0.1) is 0 Å². The Balaban J connectivity index is 3.40. The molecule has 0 heterocycles. The first-order valence-electron chi connectivity index (χ1n) is 4.91. The minimum atomic E-state index is -4.56. The summed E-state index contributed by atoms with van der Waals surface area (Å²) >= 11 is 0. The third-order valence-electron chi connectivity index (χ3n) is 2.14. The molecule has 3 nitrogen and oxygen atoms in total. The Hall–Kier alpha value is -1.72. The summed E-state index contributed by atoms with van der Waals surface area (Å²) in [7, 11) is 0. The number of halogens is 3. The van der Waals surface area contributed by atoms with Crippen LogP contribution in [0.2, 0.25) is 0 Å². The van der Waals surface area contributed by atoms with Crippen LogP contribution < -0.4 is 10.5 Å². The van der Waals surface area contributed by atoms with Crippen LogP contribution >= 0.6 is 0 Å². The van der Waals surface area contributed by atoms with Crippen LogP contribution in [0.15, 0.2) is 12.1 Å². The van der Waals surface area contributed by atoms with Gasteiger partial charge in [0.05, 0.1) is 17.7 Å². The summed E-state index contributed by atoms with van der Waals surface area (Å²) < 4.78 is 42.8. The molecule has 0 spiro atoms. The van der Waals surface area contributed by atoms with Crippen LogP contribution in [0.3, 0.4) is 0 Å². The third-order valence-corrected chi connectivity index (χ3v) is 2.14. The van der Waals surface area contributed by atoms with Crippen molar-refractivity contribution in [3.8, 4) is 5.75 Å². The molecule has 0 saturated carbocycles. The number of carbonyl (C=O) groups is 1. The SMILES string of the molecule is CCOc1cc(C(F)(F)F)c(N)cc1C(C)=O. The maximum absolute atomic E-state index is 12.6. The molecule has 1 aromatic rings. The smallest absolute Gasteiger partial charge is 0.418 e. The highest BCUT2D eigenvalue weighted by Crippen LogP contribution is 2.37. The predicted molar refractivity (Wildman–Crippen MR) is 57.0 cm³/mol. The maximum Gasteiger partial charge on any atom is 0.418 e. The maximum atomic E-state index is 12.6. The Morgan fingerprint density at radius 1 is 1.41 bits per heavy atom. The van der Waals surface area contributed by atoms with E-state index in [0.717, 1.165) is 12.1 Å². The first kappa shape index (κ1) is 13.3. The van der Waals surface area contributed by atoms with Gasteiger partial charge in [0.1, 0.15) is 5.75 Å². The van der Waals surface area contributed by atoms with Crippen LogP contribution in [0.5, 0.6) is 5.75 Å². The van der Waals surface area contributed by atoms with Gasteiger partial charge >= 0.3 is 6.18 Å². The lowest BCUT2D eigenvalue weighted by Gasteiger charge is -2.14. The summed E-state index contributed by atoms with van der Waals surface area (Å²) in [6, 6.07) is 1.76. The summed E-state index contributed by atoms with van der Waals surface area (Å²) in [4.78, 5) is 11.2. The van der Waals surface area contributed by atoms with E-state index in [2.05, 4.69) is 0 Å². The summed E-state index contributed by atoms with van der Waals surface area (Å²) in [5.74, 6) is -0.490. The molecule has 1 rings (SSSR count). The molecule has 0 saturated heterocycles. The Morgan fingerprint density at radius 3 is 2.41 bits per heavy atom. The van der Waals surface area contributed by atoms with Gasteiger partial charge in [0.25, 0.3) is 0 Å². The van der Waals surface area contributed by atoms with Gasteiger partial charge in [0, 0.05) is 5.69 Å². The van der Waals surface area contributed by atoms with E-state index >= 15 is 0 Å². The van der Waals surface area contributed by atoms with Gasteiger partial charge in [-0.2, -0.15) is 13.2 Å². The number of anilines is 1. The average molecular weight is 247 g/mol. The van der Waals surface area contributed by atoms with E-state index in [0.29, 0.717) is 0 Å². The second-order valence-corrected chi connectivity index (χ2v) is 3.42. The second kappa shape index (κ2) is 4.65. The fourth-order valence-corrected chi connectivity index (χ4v) is 1.39. The third kappa shape index (κ3) is 2.89. The number of ether oxygens (including phenoxy) is 1. The Kier molecular flexibility index (Phi) is 3.65. The fraction of sp³-hybridized carbons (Fsp3) is 0.364. The van der Waals surface area contributed by atoms with Crippen molar-refractivity contribution in [2.24, 2.45) is 0 Å². The molecule has 0 bridgehead atoms. The summed E-state index contributed by atoms with van der Waals surface area (Å²) in [6.45, 7) is 3.03. The number of rotatable bonds is 3. The molecule has 0 radical (unpaired) electrons. The lowest BCUT2D eigenvalue weighted by molar-refractivity contribution is -0.137. The van der Waals surface area contributed by atoms with Crippen LogP contribution in [-0.4, -0.2) is 12.4 Å².